The van der Waals surface area contributed by atoms with E-state index in [0.29, 0.717) is 42.0 Å². The first kappa shape index (κ1) is 29.4. The number of piperidine rings is 1. The van der Waals surface area contributed by atoms with Crippen LogP contribution >= 0.6 is 23.4 Å². The van der Waals surface area contributed by atoms with Crippen molar-refractivity contribution in [1.82, 2.24) is 25.6 Å². The smallest absolute Gasteiger partial charge is 0.328 e. The maximum absolute atomic E-state index is 12.2. The molecule has 12 nitrogen and oxygen atoms in total. The number of imide groups is 1. The van der Waals surface area contributed by atoms with Gasteiger partial charge >= 0.3 is 6.03 Å². The summed E-state index contributed by atoms with van der Waals surface area (Å²) in [6, 6.07) is 9.47. The van der Waals surface area contributed by atoms with Crippen molar-refractivity contribution in [3.05, 3.63) is 53.3 Å². The van der Waals surface area contributed by atoms with Crippen LogP contribution in [0.4, 0.5) is 27.9 Å². The number of aromatic nitrogens is 3. The lowest BCUT2D eigenvalue weighted by Crippen LogP contribution is -2.52. The van der Waals surface area contributed by atoms with Crippen LogP contribution in [-0.2, 0) is 16.1 Å². The minimum atomic E-state index is -0.378. The number of halogens is 1. The van der Waals surface area contributed by atoms with E-state index in [9.17, 15) is 9.59 Å². The van der Waals surface area contributed by atoms with E-state index < -0.39 is 0 Å². The third kappa shape index (κ3) is 6.07. The summed E-state index contributed by atoms with van der Waals surface area (Å²) in [6.07, 6.45) is 5.63. The van der Waals surface area contributed by atoms with Gasteiger partial charge in [-0.15, -0.1) is 0 Å². The summed E-state index contributed by atoms with van der Waals surface area (Å²) in [5.74, 6) is 1.11. The number of ether oxygens (including phenoxy) is 1. The van der Waals surface area contributed by atoms with Gasteiger partial charge in [-0.2, -0.15) is 0 Å². The first-order chi connectivity index (χ1) is 20.7. The Kier molecular flexibility index (Phi) is 8.32. The highest BCUT2D eigenvalue weighted by molar-refractivity contribution is 7.99. The van der Waals surface area contributed by atoms with Crippen LogP contribution < -0.4 is 31.9 Å². The fourth-order valence-electron chi connectivity index (χ4n) is 6.07. The summed E-state index contributed by atoms with van der Waals surface area (Å²) < 4.78 is 6.18. The number of urea groups is 1. The minimum absolute atomic E-state index is 0.0150. The number of nitrogens with zero attached hydrogens (tertiary/aromatic N) is 5. The number of anilines is 4. The summed E-state index contributed by atoms with van der Waals surface area (Å²) in [5, 5.41) is 7.07. The molecule has 0 saturated carbocycles. The number of nitrogen functional groups attached to an aromatic ring is 2. The highest BCUT2D eigenvalue weighted by Crippen LogP contribution is 2.43. The van der Waals surface area contributed by atoms with E-state index >= 15 is 0 Å². The van der Waals surface area contributed by atoms with Gasteiger partial charge in [-0.25, -0.2) is 19.7 Å². The van der Waals surface area contributed by atoms with Gasteiger partial charge in [0.1, 0.15) is 16.7 Å². The second-order valence-corrected chi connectivity index (χ2v) is 12.6. The lowest BCUT2D eigenvalue weighted by molar-refractivity contribution is -0.120. The number of rotatable bonds is 7. The summed E-state index contributed by atoms with van der Waals surface area (Å²) >= 11 is 7.60. The molecule has 2 atom stereocenters. The van der Waals surface area contributed by atoms with Crippen molar-refractivity contribution < 1.29 is 14.3 Å². The average molecular weight is 624 g/mol. The molecular weight excluding hydrogens is 590 g/mol. The van der Waals surface area contributed by atoms with E-state index in [1.54, 1.807) is 23.4 Å². The molecule has 3 fully saturated rings. The van der Waals surface area contributed by atoms with Crippen LogP contribution in [0.1, 0.15) is 31.7 Å². The van der Waals surface area contributed by atoms with Gasteiger partial charge in [0, 0.05) is 60.8 Å². The van der Waals surface area contributed by atoms with Crippen molar-refractivity contribution in [3.8, 4) is 0 Å². The average Bonchev–Trinajstić information content (AvgIpc) is 3.30. The molecule has 6 N–H and O–H groups in total. The van der Waals surface area contributed by atoms with Crippen molar-refractivity contribution >= 4 is 58.4 Å². The van der Waals surface area contributed by atoms with Gasteiger partial charge in [-0.3, -0.25) is 15.0 Å². The lowest BCUT2D eigenvalue weighted by atomic mass is 9.73. The quantitative estimate of drug-likeness (QED) is 0.305. The number of amides is 3. The third-order valence-electron chi connectivity index (χ3n) is 8.51. The molecule has 0 unspecified atom stereocenters. The van der Waals surface area contributed by atoms with E-state index in [4.69, 9.17) is 27.8 Å². The van der Waals surface area contributed by atoms with Crippen LogP contribution in [-0.4, -0.2) is 65.3 Å². The molecule has 0 radical (unpaired) electrons. The minimum Gasteiger partial charge on any atom is -0.382 e. The van der Waals surface area contributed by atoms with E-state index in [2.05, 4.69) is 37.4 Å². The third-order valence-corrected chi connectivity index (χ3v) is 10.1. The molecule has 3 saturated heterocycles. The Hall–Kier alpha value is -3.65. The van der Waals surface area contributed by atoms with Crippen molar-refractivity contribution in [2.75, 3.05) is 47.5 Å². The monoisotopic (exact) mass is 623 g/mol. The van der Waals surface area contributed by atoms with Crippen LogP contribution in [0, 0.1) is 5.41 Å². The summed E-state index contributed by atoms with van der Waals surface area (Å²) in [7, 11) is 0. The zero-order valence-electron chi connectivity index (χ0n) is 23.8. The van der Waals surface area contributed by atoms with E-state index in [0.717, 1.165) is 47.9 Å². The van der Waals surface area contributed by atoms with Crippen LogP contribution in [0.15, 0.2) is 52.6 Å². The first-order valence-corrected chi connectivity index (χ1v) is 15.4. The molecule has 1 aromatic carbocycles. The molecule has 43 heavy (non-hydrogen) atoms. The summed E-state index contributed by atoms with van der Waals surface area (Å²) in [4.78, 5) is 41.4. The molecule has 0 aliphatic carbocycles. The summed E-state index contributed by atoms with van der Waals surface area (Å²) in [6.45, 7) is 5.54. The highest BCUT2D eigenvalue weighted by atomic mass is 35.5. The number of nitrogens with one attached hydrogen (secondary N) is 2. The number of nitrogens with two attached hydrogens (primary N) is 2. The van der Waals surface area contributed by atoms with E-state index in [-0.39, 0.29) is 35.3 Å². The topological polar surface area (TPSA) is 165 Å². The van der Waals surface area contributed by atoms with Crippen LogP contribution in [0.2, 0.25) is 5.02 Å². The maximum atomic E-state index is 12.2. The molecule has 3 aromatic rings. The Morgan fingerprint density at radius 2 is 1.88 bits per heavy atom. The summed E-state index contributed by atoms with van der Waals surface area (Å²) in [5.41, 5.74) is 14.0. The lowest BCUT2D eigenvalue weighted by Gasteiger charge is -2.43. The zero-order chi connectivity index (χ0) is 30.1. The second kappa shape index (κ2) is 12.2. The van der Waals surface area contributed by atoms with Gasteiger partial charge in [-0.1, -0.05) is 35.5 Å². The van der Waals surface area contributed by atoms with Crippen LogP contribution in [0.25, 0.3) is 0 Å². The molecule has 3 amide bonds. The number of pyridine rings is 1. The second-order valence-electron chi connectivity index (χ2n) is 11.2. The molecule has 5 heterocycles. The molecule has 1 spiro atoms. The van der Waals surface area contributed by atoms with Gasteiger partial charge in [0.15, 0.2) is 5.82 Å². The predicted octanol–water partition coefficient (Wildman–Crippen LogP) is 3.45. The molecule has 3 aliphatic heterocycles. The molecule has 3 aliphatic rings. The van der Waals surface area contributed by atoms with Gasteiger partial charge in [0.2, 0.25) is 5.91 Å². The van der Waals surface area contributed by atoms with Gasteiger partial charge in [-0.05, 0) is 43.5 Å². The number of hydrogen-bond donors (Lipinski definition) is 4. The Morgan fingerprint density at radius 3 is 2.60 bits per heavy atom. The predicted molar refractivity (Wildman–Crippen MR) is 166 cm³/mol. The van der Waals surface area contributed by atoms with Crippen LogP contribution in [0.5, 0.6) is 0 Å². The number of carbonyl (C=O) groups excluding carboxylic acids is 2. The zero-order valence-corrected chi connectivity index (χ0v) is 25.3. The van der Waals surface area contributed by atoms with Crippen LogP contribution in [0.3, 0.4) is 0 Å². The number of benzene rings is 1. The molecule has 2 aromatic heterocycles. The Balaban J connectivity index is 1.06. The maximum Gasteiger partial charge on any atom is 0.328 e. The first-order valence-electron chi connectivity index (χ1n) is 14.2. The van der Waals surface area contributed by atoms with Gasteiger partial charge in [0.05, 0.1) is 23.9 Å². The standard InChI is InChI=1S/C29H34ClN9O3S/c1-17-24(34-14-18-2-4-19(5-3-18)39-11-7-22(40)37-28(39)41)29(16-42-17)8-12-38(13-9-29)21-15-35-27(26(32)36-21)43-20-6-10-33-25(31)23(20)30/h2-6,10,15,17,24,34H,7-9,11-14,16H2,1H3,(H2,31,33)(H2,32,36)(H,37,40,41)/t17-,24+/m0/s1. The Morgan fingerprint density at radius 1 is 1.12 bits per heavy atom. The Bertz CT molecular complexity index is 1520. The molecule has 226 valence electrons. The normalized spacial score (nSPS) is 21.8. The molecule has 14 heteroatoms. The van der Waals surface area contributed by atoms with E-state index in [1.807, 2.05) is 24.3 Å². The SMILES string of the molecule is C[C@@H]1OCC2(CCN(c3cnc(Sc4ccnc(N)c4Cl)c(N)n3)CC2)[C@@H]1NCc1ccc(N2CCC(=O)NC2=O)cc1. The van der Waals surface area contributed by atoms with Crippen molar-refractivity contribution in [3.63, 3.8) is 0 Å². The van der Waals surface area contributed by atoms with Gasteiger partial charge < -0.3 is 26.4 Å². The fourth-order valence-corrected chi connectivity index (χ4v) is 7.08. The molecular formula is C29H34ClN9O3S. The largest absolute Gasteiger partial charge is 0.382 e. The van der Waals surface area contributed by atoms with Gasteiger partial charge in [0.25, 0.3) is 0 Å². The Labute approximate surface area is 258 Å². The number of carbonyl (C=O) groups is 2. The molecule has 0 bridgehead atoms. The fraction of sp³-hybridized carbons (Fsp3) is 0.414. The van der Waals surface area contributed by atoms with Crippen molar-refractivity contribution in [2.24, 2.45) is 5.41 Å². The molecule has 6 rings (SSSR count). The number of hydrogen-bond acceptors (Lipinski definition) is 11. The highest BCUT2D eigenvalue weighted by Gasteiger charge is 2.49. The van der Waals surface area contributed by atoms with Crippen molar-refractivity contribution in [1.29, 1.82) is 0 Å². The van der Waals surface area contributed by atoms with Crippen molar-refractivity contribution in [2.45, 2.75) is 54.8 Å². The van der Waals surface area contributed by atoms with E-state index in [1.165, 1.54) is 11.8 Å².